The van der Waals surface area contributed by atoms with E-state index in [-0.39, 0.29) is 11.9 Å². The van der Waals surface area contributed by atoms with Gasteiger partial charge >= 0.3 is 0 Å². The highest BCUT2D eigenvalue weighted by molar-refractivity contribution is 5.98. The van der Waals surface area contributed by atoms with Crippen LogP contribution in [-0.4, -0.2) is 18.6 Å². The van der Waals surface area contributed by atoms with Crippen LogP contribution in [0.2, 0.25) is 0 Å². The molecule has 4 heteroatoms. The van der Waals surface area contributed by atoms with E-state index in [1.165, 1.54) is 0 Å². The summed E-state index contributed by atoms with van der Waals surface area (Å²) in [5.41, 5.74) is 1.76. The highest BCUT2D eigenvalue weighted by atomic mass is 16.5. The minimum Gasteiger partial charge on any atom is -0.492 e. The Morgan fingerprint density at radius 2 is 2.20 bits per heavy atom. The number of hydrogen-bond acceptors (Lipinski definition) is 3. The molecule has 1 amide bonds. The van der Waals surface area contributed by atoms with Crippen LogP contribution in [-0.2, 0) is 6.42 Å². The molecule has 0 bridgehead atoms. The van der Waals surface area contributed by atoms with E-state index in [1.54, 1.807) is 6.26 Å². The summed E-state index contributed by atoms with van der Waals surface area (Å²) in [6.07, 6.45) is 3.49. The van der Waals surface area contributed by atoms with Gasteiger partial charge in [-0.15, -0.1) is 0 Å². The molecule has 2 atom stereocenters. The minimum atomic E-state index is -0.0530. The fourth-order valence-electron chi connectivity index (χ4n) is 2.81. The largest absolute Gasteiger partial charge is 0.492 e. The molecule has 1 saturated carbocycles. The summed E-state index contributed by atoms with van der Waals surface area (Å²) in [7, 11) is 0. The van der Waals surface area contributed by atoms with E-state index in [1.807, 2.05) is 30.3 Å². The lowest BCUT2D eigenvalue weighted by molar-refractivity contribution is 0.0947. The number of carbonyl (C=O) groups excluding carboxylic acids is 1. The quantitative estimate of drug-likeness (QED) is 0.931. The number of ether oxygens (including phenoxy) is 1. The van der Waals surface area contributed by atoms with E-state index >= 15 is 0 Å². The number of nitrogens with one attached hydrogen (secondary N) is 1. The second kappa shape index (κ2) is 4.40. The highest BCUT2D eigenvalue weighted by Gasteiger charge is 2.42. The molecule has 2 heterocycles. The maximum Gasteiger partial charge on any atom is 0.255 e. The number of furan rings is 1. The van der Waals surface area contributed by atoms with E-state index < -0.39 is 0 Å². The molecule has 1 N–H and O–H groups in total. The smallest absolute Gasteiger partial charge is 0.255 e. The molecule has 4 rings (SSSR count). The summed E-state index contributed by atoms with van der Waals surface area (Å²) in [6.45, 7) is 0.665. The molecule has 2 aliphatic rings. The molecule has 4 nitrogen and oxygen atoms in total. The summed E-state index contributed by atoms with van der Waals surface area (Å²) >= 11 is 0. The second-order valence-corrected chi connectivity index (χ2v) is 5.33. The van der Waals surface area contributed by atoms with Gasteiger partial charge in [-0.2, -0.15) is 0 Å². The Hall–Kier alpha value is -2.23. The summed E-state index contributed by atoms with van der Waals surface area (Å²) in [4.78, 5) is 12.3. The lowest BCUT2D eigenvalue weighted by Crippen LogP contribution is -2.26. The molecular weight excluding hydrogens is 254 g/mol. The van der Waals surface area contributed by atoms with Crippen molar-refractivity contribution in [1.29, 1.82) is 0 Å². The molecule has 1 aliphatic heterocycles. The van der Waals surface area contributed by atoms with Crippen LogP contribution in [0.25, 0.3) is 0 Å². The molecule has 1 aromatic heterocycles. The zero-order chi connectivity index (χ0) is 13.5. The SMILES string of the molecule is O=C(N[C@@H]1C[C@H]1c1ccco1)c1cccc2c1OCC2. The van der Waals surface area contributed by atoms with Crippen molar-refractivity contribution in [1.82, 2.24) is 5.32 Å². The van der Waals surface area contributed by atoms with Crippen molar-refractivity contribution in [2.45, 2.75) is 24.8 Å². The van der Waals surface area contributed by atoms with Crippen molar-refractivity contribution in [3.8, 4) is 5.75 Å². The van der Waals surface area contributed by atoms with Gasteiger partial charge in [0.1, 0.15) is 11.5 Å². The van der Waals surface area contributed by atoms with Gasteiger partial charge in [0, 0.05) is 18.4 Å². The van der Waals surface area contributed by atoms with Crippen LogP contribution >= 0.6 is 0 Å². The number of para-hydroxylation sites is 1. The van der Waals surface area contributed by atoms with Gasteiger partial charge in [0.15, 0.2) is 0 Å². The Balaban J connectivity index is 1.48. The van der Waals surface area contributed by atoms with Crippen molar-refractivity contribution in [2.24, 2.45) is 0 Å². The van der Waals surface area contributed by atoms with Gasteiger partial charge < -0.3 is 14.5 Å². The Morgan fingerprint density at radius 3 is 3.05 bits per heavy atom. The Kier molecular flexibility index (Phi) is 2.55. The van der Waals surface area contributed by atoms with Gasteiger partial charge in [0.25, 0.3) is 5.91 Å². The third-order valence-electron chi connectivity index (χ3n) is 3.97. The molecule has 2 aromatic rings. The van der Waals surface area contributed by atoms with Crippen molar-refractivity contribution in [3.63, 3.8) is 0 Å². The first-order chi connectivity index (χ1) is 9.83. The van der Waals surface area contributed by atoms with E-state index in [9.17, 15) is 4.79 Å². The first-order valence-corrected chi connectivity index (χ1v) is 6.92. The fraction of sp³-hybridized carbons (Fsp3) is 0.312. The third kappa shape index (κ3) is 1.88. The molecule has 1 aliphatic carbocycles. The van der Waals surface area contributed by atoms with Crippen molar-refractivity contribution in [3.05, 3.63) is 53.5 Å². The number of hydrogen-bond donors (Lipinski definition) is 1. The molecule has 20 heavy (non-hydrogen) atoms. The van der Waals surface area contributed by atoms with Gasteiger partial charge in [0.05, 0.1) is 18.4 Å². The standard InChI is InChI=1S/C16H15NO3/c18-16(11-4-1-3-10-6-8-20-15(10)11)17-13-9-12(13)14-5-2-7-19-14/h1-5,7,12-13H,6,8-9H2,(H,17,18)/t12-,13-/m1/s1. The molecule has 0 unspecified atom stereocenters. The van der Waals surface area contributed by atoms with E-state index in [0.29, 0.717) is 18.1 Å². The van der Waals surface area contributed by atoms with E-state index in [2.05, 4.69) is 5.32 Å². The Morgan fingerprint density at radius 1 is 1.25 bits per heavy atom. The topological polar surface area (TPSA) is 51.5 Å². The number of amides is 1. The van der Waals surface area contributed by atoms with Crippen LogP contribution in [0.15, 0.2) is 41.0 Å². The summed E-state index contributed by atoms with van der Waals surface area (Å²) < 4.78 is 10.9. The van der Waals surface area contributed by atoms with Crippen LogP contribution in [0.4, 0.5) is 0 Å². The van der Waals surface area contributed by atoms with Crippen LogP contribution in [0, 0.1) is 0 Å². The second-order valence-electron chi connectivity index (χ2n) is 5.33. The lowest BCUT2D eigenvalue weighted by Gasteiger charge is -2.08. The van der Waals surface area contributed by atoms with E-state index in [4.69, 9.17) is 9.15 Å². The summed E-state index contributed by atoms with van der Waals surface area (Å²) in [5, 5.41) is 3.06. The number of fused-ring (bicyclic) bond motifs is 1. The van der Waals surface area contributed by atoms with Gasteiger partial charge in [-0.3, -0.25) is 4.79 Å². The fourth-order valence-corrected chi connectivity index (χ4v) is 2.81. The predicted octanol–water partition coefficient (Wildman–Crippen LogP) is 2.50. The zero-order valence-electron chi connectivity index (χ0n) is 11.0. The van der Waals surface area contributed by atoms with Crippen molar-refractivity contribution >= 4 is 5.91 Å². The third-order valence-corrected chi connectivity index (χ3v) is 3.97. The Bertz CT molecular complexity index is 648. The van der Waals surface area contributed by atoms with Gasteiger partial charge in [-0.1, -0.05) is 12.1 Å². The molecule has 1 fully saturated rings. The molecular formula is C16H15NO3. The molecule has 0 spiro atoms. The molecule has 0 radical (unpaired) electrons. The van der Waals surface area contributed by atoms with Crippen molar-refractivity contribution in [2.75, 3.05) is 6.61 Å². The minimum absolute atomic E-state index is 0.0530. The van der Waals surface area contributed by atoms with Gasteiger partial charge in [-0.05, 0) is 30.2 Å². The van der Waals surface area contributed by atoms with Crippen LogP contribution < -0.4 is 10.1 Å². The van der Waals surface area contributed by atoms with Gasteiger partial charge in [-0.25, -0.2) is 0 Å². The predicted molar refractivity (Wildman–Crippen MR) is 73.0 cm³/mol. The molecule has 1 aromatic carbocycles. The first kappa shape index (κ1) is 11.6. The Labute approximate surface area is 116 Å². The van der Waals surface area contributed by atoms with Gasteiger partial charge in [0.2, 0.25) is 0 Å². The summed E-state index contributed by atoms with van der Waals surface area (Å²) in [5.74, 6) is 1.96. The highest BCUT2D eigenvalue weighted by Crippen LogP contribution is 2.41. The van der Waals surface area contributed by atoms with Crippen molar-refractivity contribution < 1.29 is 13.9 Å². The molecule has 102 valence electrons. The number of rotatable bonds is 3. The monoisotopic (exact) mass is 269 g/mol. The average molecular weight is 269 g/mol. The van der Waals surface area contributed by atoms with Crippen LogP contribution in [0.3, 0.4) is 0 Å². The zero-order valence-corrected chi connectivity index (χ0v) is 11.0. The maximum absolute atomic E-state index is 12.3. The van der Waals surface area contributed by atoms with E-state index in [0.717, 1.165) is 29.9 Å². The first-order valence-electron chi connectivity index (χ1n) is 6.92. The maximum atomic E-state index is 12.3. The number of benzene rings is 1. The summed E-state index contributed by atoms with van der Waals surface area (Å²) in [6, 6.07) is 9.76. The average Bonchev–Trinajstić information content (AvgIpc) is 2.91. The number of carbonyl (C=O) groups is 1. The lowest BCUT2D eigenvalue weighted by atomic mass is 10.1. The van der Waals surface area contributed by atoms with Crippen LogP contribution in [0.5, 0.6) is 5.75 Å². The van der Waals surface area contributed by atoms with Crippen LogP contribution in [0.1, 0.15) is 34.0 Å². The normalized spacial score (nSPS) is 23.0. The molecule has 0 saturated heterocycles.